The van der Waals surface area contributed by atoms with Crippen LogP contribution in [0.5, 0.6) is 0 Å². The zero-order valence-corrected chi connectivity index (χ0v) is 11.8. The summed E-state index contributed by atoms with van der Waals surface area (Å²) in [6.45, 7) is 5.98. The van der Waals surface area contributed by atoms with Crippen LogP contribution in [0.2, 0.25) is 17.1 Å². The van der Waals surface area contributed by atoms with E-state index in [0.29, 0.717) is 5.04 Å². The average Bonchev–Trinajstić information content (AvgIpc) is 1.83. The van der Waals surface area contributed by atoms with Gasteiger partial charge in [0.2, 0.25) is 0 Å². The van der Waals surface area contributed by atoms with Gasteiger partial charge in [0.15, 0.2) is 0 Å². The van der Waals surface area contributed by atoms with Crippen LogP contribution in [0.4, 0.5) is 0 Å². The molecule has 0 aliphatic carbocycles. The maximum absolute atomic E-state index is 6.76. The fourth-order valence-electron chi connectivity index (χ4n) is 2.31. The van der Waals surface area contributed by atoms with Crippen LogP contribution >= 0.6 is 11.1 Å². The second-order valence-electron chi connectivity index (χ2n) is 5.45. The second-order valence-corrected chi connectivity index (χ2v) is 20.1. The highest BCUT2D eigenvalue weighted by Gasteiger charge is 2.36. The molecule has 1 heterocycles. The highest BCUT2D eigenvalue weighted by atomic mass is 35.6. The molecule has 0 nitrogen and oxygen atoms in total. The number of hydrogen-bond donors (Lipinski definition) is 0. The van der Waals surface area contributed by atoms with Crippen molar-refractivity contribution >= 4 is 27.0 Å². The molecule has 1 saturated heterocycles. The first-order chi connectivity index (χ1) is 5.41. The lowest BCUT2D eigenvalue weighted by molar-refractivity contribution is 0.719. The molecule has 1 fully saturated rings. The van der Waals surface area contributed by atoms with Crippen molar-refractivity contribution in [2.45, 2.75) is 57.2 Å². The predicted molar refractivity (Wildman–Crippen MR) is 63.3 cm³/mol. The van der Waals surface area contributed by atoms with E-state index in [9.17, 15) is 0 Å². The van der Waals surface area contributed by atoms with E-state index < -0.39 is 6.90 Å². The van der Waals surface area contributed by atoms with E-state index in [1.807, 2.05) is 0 Å². The number of rotatable bonds is 1. The molecule has 1 aliphatic heterocycles. The van der Waals surface area contributed by atoms with E-state index in [1.165, 1.54) is 31.4 Å². The Bertz CT molecular complexity index is 145. The van der Waals surface area contributed by atoms with Crippen LogP contribution in [0.3, 0.4) is 0 Å². The zero-order chi connectivity index (χ0) is 9.24. The molecule has 0 aromatic rings. The first kappa shape index (κ1) is 10.8. The monoisotopic (exact) mass is 220 g/mol. The Morgan fingerprint density at radius 2 is 1.58 bits per heavy atom. The third-order valence-electron chi connectivity index (χ3n) is 2.60. The number of hydrogen-bond acceptors (Lipinski definition) is 0. The van der Waals surface area contributed by atoms with Crippen molar-refractivity contribution in [1.29, 1.82) is 0 Å². The van der Waals surface area contributed by atoms with Gasteiger partial charge in [-0.05, 0) is 17.1 Å². The largest absolute Gasteiger partial charge is 0.171 e. The molecule has 0 bridgehead atoms. The SMILES string of the molecule is CC(C)(C)[SiH2][Si]1(Cl)CCCCC1. The van der Waals surface area contributed by atoms with Gasteiger partial charge >= 0.3 is 0 Å². The van der Waals surface area contributed by atoms with E-state index in [-0.39, 0.29) is 9.04 Å². The minimum absolute atomic E-state index is 0.0117. The third-order valence-corrected chi connectivity index (χ3v) is 16.3. The predicted octanol–water partition coefficient (Wildman–Crippen LogP) is 3.24. The van der Waals surface area contributed by atoms with E-state index in [0.717, 1.165) is 0 Å². The summed E-state index contributed by atoms with van der Waals surface area (Å²) in [4.78, 5) is 0. The maximum atomic E-state index is 6.76. The third kappa shape index (κ3) is 3.63. The smallest absolute Gasteiger partial charge is 0.140 e. The lowest BCUT2D eigenvalue weighted by atomic mass is 10.3. The van der Waals surface area contributed by atoms with Crippen LogP contribution in [0, 0.1) is 0 Å². The van der Waals surface area contributed by atoms with Crippen molar-refractivity contribution in [2.75, 3.05) is 0 Å². The maximum Gasteiger partial charge on any atom is 0.140 e. The van der Waals surface area contributed by atoms with E-state index >= 15 is 0 Å². The fraction of sp³-hybridized carbons (Fsp3) is 1.00. The van der Waals surface area contributed by atoms with Crippen molar-refractivity contribution < 1.29 is 0 Å². The minimum atomic E-state index is -1.16. The summed E-state index contributed by atoms with van der Waals surface area (Å²) in [5.74, 6) is 0. The molecule has 0 amide bonds. The van der Waals surface area contributed by atoms with Crippen LogP contribution in [0.1, 0.15) is 40.0 Å². The molecule has 0 radical (unpaired) electrons. The van der Waals surface area contributed by atoms with Gasteiger partial charge in [-0.3, -0.25) is 0 Å². The topological polar surface area (TPSA) is 0 Å². The Morgan fingerprint density at radius 3 is 2.00 bits per heavy atom. The van der Waals surface area contributed by atoms with Crippen LogP contribution in [0.15, 0.2) is 0 Å². The van der Waals surface area contributed by atoms with Gasteiger partial charge in [0, 0.05) is 9.04 Å². The Hall–Kier alpha value is 0.724. The molecule has 0 unspecified atom stereocenters. The first-order valence-corrected chi connectivity index (χ1v) is 11.6. The molecule has 0 aromatic carbocycles. The Labute approximate surface area is 84.4 Å². The second kappa shape index (κ2) is 3.85. The van der Waals surface area contributed by atoms with Crippen LogP contribution in [-0.2, 0) is 0 Å². The quantitative estimate of drug-likeness (QED) is 0.470. The molecule has 0 N–H and O–H groups in total. The molecule has 0 atom stereocenters. The van der Waals surface area contributed by atoms with Gasteiger partial charge in [-0.2, -0.15) is 11.1 Å². The highest BCUT2D eigenvalue weighted by Crippen LogP contribution is 2.36. The van der Waals surface area contributed by atoms with Crippen LogP contribution in [-0.4, -0.2) is 15.9 Å². The molecular formula is C9H21ClSi2. The molecule has 3 heteroatoms. The van der Waals surface area contributed by atoms with Crippen molar-refractivity contribution in [3.05, 3.63) is 0 Å². The van der Waals surface area contributed by atoms with Gasteiger partial charge < -0.3 is 0 Å². The zero-order valence-electron chi connectivity index (χ0n) is 8.62. The summed E-state index contributed by atoms with van der Waals surface area (Å²) >= 11 is 6.76. The van der Waals surface area contributed by atoms with E-state index in [2.05, 4.69) is 20.8 Å². The number of halogens is 1. The average molecular weight is 221 g/mol. The molecule has 1 aliphatic rings. The normalized spacial score (nSPS) is 25.0. The summed E-state index contributed by atoms with van der Waals surface area (Å²) in [5.41, 5.74) is 0. The first-order valence-electron chi connectivity index (χ1n) is 5.10. The minimum Gasteiger partial charge on any atom is -0.171 e. The molecule has 0 aromatic heterocycles. The van der Waals surface area contributed by atoms with Crippen LogP contribution < -0.4 is 0 Å². The summed E-state index contributed by atoms with van der Waals surface area (Å²) < 4.78 is 0. The van der Waals surface area contributed by atoms with Crippen molar-refractivity contribution in [3.63, 3.8) is 0 Å². The summed E-state index contributed by atoms with van der Waals surface area (Å²) in [5, 5.41) is 0.589. The summed E-state index contributed by atoms with van der Waals surface area (Å²) in [6.07, 6.45) is 4.30. The highest BCUT2D eigenvalue weighted by molar-refractivity contribution is 7.48. The summed E-state index contributed by atoms with van der Waals surface area (Å²) in [6, 6.07) is 2.86. The van der Waals surface area contributed by atoms with Crippen LogP contribution in [0.25, 0.3) is 0 Å². The van der Waals surface area contributed by atoms with E-state index in [4.69, 9.17) is 11.1 Å². The lowest BCUT2D eigenvalue weighted by Gasteiger charge is -2.33. The fourth-order valence-corrected chi connectivity index (χ4v) is 19.3. The van der Waals surface area contributed by atoms with Crippen molar-refractivity contribution in [3.8, 4) is 0 Å². The Balaban J connectivity index is 2.47. The molecule has 12 heavy (non-hydrogen) atoms. The van der Waals surface area contributed by atoms with Gasteiger partial charge in [0.05, 0.1) is 0 Å². The van der Waals surface area contributed by atoms with Gasteiger partial charge in [-0.25, -0.2) is 0 Å². The lowest BCUT2D eigenvalue weighted by Crippen LogP contribution is -2.41. The molecule has 1 rings (SSSR count). The van der Waals surface area contributed by atoms with Gasteiger partial charge in [0.1, 0.15) is 6.90 Å². The molecule has 0 saturated carbocycles. The van der Waals surface area contributed by atoms with E-state index in [1.54, 1.807) is 0 Å². The van der Waals surface area contributed by atoms with Gasteiger partial charge in [0.25, 0.3) is 0 Å². The summed E-state index contributed by atoms with van der Waals surface area (Å²) in [7, 11) is 0.0117. The Morgan fingerprint density at radius 1 is 1.08 bits per heavy atom. The van der Waals surface area contributed by atoms with Gasteiger partial charge in [-0.1, -0.05) is 40.0 Å². The van der Waals surface area contributed by atoms with Crippen molar-refractivity contribution in [2.24, 2.45) is 0 Å². The molecule has 72 valence electrons. The van der Waals surface area contributed by atoms with Gasteiger partial charge in [-0.15, -0.1) is 0 Å². The Kier molecular flexibility index (Phi) is 3.46. The molecular weight excluding hydrogens is 200 g/mol. The van der Waals surface area contributed by atoms with Crippen molar-refractivity contribution in [1.82, 2.24) is 0 Å². The molecule has 0 spiro atoms. The standard InChI is InChI=1S/C9H21ClSi2/c1-9(2,3)11-12(10)7-5-4-6-8-12/h4-8,11H2,1-3H3.